The first kappa shape index (κ1) is 14.0. The third-order valence-corrected chi connectivity index (χ3v) is 4.96. The molecule has 0 aliphatic heterocycles. The van der Waals surface area contributed by atoms with Crippen molar-refractivity contribution in [2.45, 2.75) is 37.6 Å². The highest BCUT2D eigenvalue weighted by Gasteiger charge is 2.29. The van der Waals surface area contributed by atoms with Crippen LogP contribution in [0.1, 0.15) is 37.2 Å². The second-order valence-corrected chi connectivity index (χ2v) is 6.34. The molecule has 0 saturated heterocycles. The summed E-state index contributed by atoms with van der Waals surface area (Å²) in [5.41, 5.74) is 1.54. The predicted octanol–water partition coefficient (Wildman–Crippen LogP) is 3.91. The Morgan fingerprint density at radius 2 is 2.00 bits per heavy atom. The molecule has 0 amide bonds. The second kappa shape index (κ2) is 7.20. The largest absolute Gasteiger partial charge is 0.317 e. The van der Waals surface area contributed by atoms with Gasteiger partial charge in [-0.3, -0.25) is 0 Å². The molecule has 1 aliphatic rings. The van der Waals surface area contributed by atoms with Crippen LogP contribution in [0.5, 0.6) is 0 Å². The molecule has 1 N–H and O–H groups in total. The molecule has 0 aromatic heterocycles. The fourth-order valence-corrected chi connectivity index (χ4v) is 3.80. The van der Waals surface area contributed by atoms with E-state index < -0.39 is 0 Å². The topological polar surface area (TPSA) is 12.0 Å². The zero-order chi connectivity index (χ0) is 12.8. The molecule has 1 fully saturated rings. The van der Waals surface area contributed by atoms with Crippen molar-refractivity contribution in [3.8, 4) is 0 Å². The summed E-state index contributed by atoms with van der Waals surface area (Å²) in [4.78, 5) is 0. The van der Waals surface area contributed by atoms with Gasteiger partial charge in [-0.2, -0.15) is 11.8 Å². The highest BCUT2D eigenvalue weighted by molar-refractivity contribution is 7.98. The maximum atomic E-state index is 3.53. The van der Waals surface area contributed by atoms with Crippen LogP contribution in [0, 0.1) is 5.92 Å². The van der Waals surface area contributed by atoms with Gasteiger partial charge in [0.25, 0.3) is 0 Å². The maximum Gasteiger partial charge on any atom is 0.00930 e. The van der Waals surface area contributed by atoms with Gasteiger partial charge in [0, 0.05) is 6.04 Å². The van der Waals surface area contributed by atoms with Crippen molar-refractivity contribution in [2.24, 2.45) is 5.92 Å². The van der Waals surface area contributed by atoms with Crippen LogP contribution in [0.15, 0.2) is 30.3 Å². The standard InChI is InChI=1S/C16H25NS/c1-17-16-9-8-14(12-15(16)10-11-18-2)13-6-4-3-5-7-13/h3-7,14-17H,8-12H2,1-2H3. The average Bonchev–Trinajstić information content (AvgIpc) is 2.45. The molecule has 0 heterocycles. The van der Waals surface area contributed by atoms with Crippen molar-refractivity contribution < 1.29 is 0 Å². The Morgan fingerprint density at radius 3 is 2.67 bits per heavy atom. The lowest BCUT2D eigenvalue weighted by atomic mass is 9.74. The number of benzene rings is 1. The van der Waals surface area contributed by atoms with Gasteiger partial charge in [0.15, 0.2) is 0 Å². The lowest BCUT2D eigenvalue weighted by Gasteiger charge is -2.36. The van der Waals surface area contributed by atoms with Crippen LogP contribution < -0.4 is 5.32 Å². The van der Waals surface area contributed by atoms with Crippen molar-refractivity contribution in [2.75, 3.05) is 19.1 Å². The van der Waals surface area contributed by atoms with Crippen LogP contribution in [0.2, 0.25) is 0 Å². The van der Waals surface area contributed by atoms with Gasteiger partial charge in [-0.05, 0) is 62.1 Å². The summed E-state index contributed by atoms with van der Waals surface area (Å²) in [6, 6.07) is 11.8. The van der Waals surface area contributed by atoms with Crippen LogP contribution in [0.25, 0.3) is 0 Å². The van der Waals surface area contributed by atoms with Crippen LogP contribution in [-0.2, 0) is 0 Å². The summed E-state index contributed by atoms with van der Waals surface area (Å²) in [5.74, 6) is 2.92. The van der Waals surface area contributed by atoms with E-state index in [0.29, 0.717) is 0 Å². The van der Waals surface area contributed by atoms with Crippen LogP contribution in [0.3, 0.4) is 0 Å². The van der Waals surface area contributed by atoms with Crippen molar-refractivity contribution in [3.63, 3.8) is 0 Å². The summed E-state index contributed by atoms with van der Waals surface area (Å²) < 4.78 is 0. The fraction of sp³-hybridized carbons (Fsp3) is 0.625. The predicted molar refractivity (Wildman–Crippen MR) is 82.4 cm³/mol. The summed E-state index contributed by atoms with van der Waals surface area (Å²) >= 11 is 1.98. The van der Waals surface area contributed by atoms with Crippen molar-refractivity contribution >= 4 is 11.8 Å². The van der Waals surface area contributed by atoms with Crippen molar-refractivity contribution in [1.29, 1.82) is 0 Å². The first-order valence-electron chi connectivity index (χ1n) is 7.06. The molecule has 100 valence electrons. The van der Waals surface area contributed by atoms with Crippen LogP contribution in [0.4, 0.5) is 0 Å². The number of thioether (sulfide) groups is 1. The zero-order valence-corrected chi connectivity index (χ0v) is 12.4. The molecule has 18 heavy (non-hydrogen) atoms. The first-order valence-corrected chi connectivity index (χ1v) is 8.45. The monoisotopic (exact) mass is 263 g/mol. The lowest BCUT2D eigenvalue weighted by Crippen LogP contribution is -2.38. The third-order valence-electron chi connectivity index (χ3n) is 4.32. The van der Waals surface area contributed by atoms with Gasteiger partial charge in [-0.15, -0.1) is 0 Å². The van der Waals surface area contributed by atoms with E-state index in [1.165, 1.54) is 31.4 Å². The number of nitrogens with one attached hydrogen (secondary N) is 1. The molecule has 3 atom stereocenters. The fourth-order valence-electron chi connectivity index (χ4n) is 3.26. The normalized spacial score (nSPS) is 28.2. The van der Waals surface area contributed by atoms with E-state index in [2.05, 4.69) is 49.0 Å². The molecule has 0 radical (unpaired) electrons. The number of rotatable bonds is 5. The average molecular weight is 263 g/mol. The molecule has 2 rings (SSSR count). The second-order valence-electron chi connectivity index (χ2n) is 5.36. The Kier molecular flexibility index (Phi) is 5.58. The highest BCUT2D eigenvalue weighted by atomic mass is 32.2. The molecular formula is C16H25NS. The minimum atomic E-state index is 0.733. The molecule has 1 saturated carbocycles. The molecular weight excluding hydrogens is 238 g/mol. The molecule has 0 spiro atoms. The Hall–Kier alpha value is -0.470. The van der Waals surface area contributed by atoms with Gasteiger partial charge in [0.1, 0.15) is 0 Å². The Bertz CT molecular complexity index is 338. The van der Waals surface area contributed by atoms with E-state index in [-0.39, 0.29) is 0 Å². The Labute approximate surface area is 116 Å². The van der Waals surface area contributed by atoms with E-state index in [1.54, 1.807) is 5.56 Å². The highest BCUT2D eigenvalue weighted by Crippen LogP contribution is 2.38. The minimum Gasteiger partial charge on any atom is -0.317 e. The van der Waals surface area contributed by atoms with E-state index in [1.807, 2.05) is 11.8 Å². The maximum absolute atomic E-state index is 3.53. The Balaban J connectivity index is 2.00. The van der Waals surface area contributed by atoms with Gasteiger partial charge in [-0.1, -0.05) is 30.3 Å². The summed E-state index contributed by atoms with van der Waals surface area (Å²) in [5, 5.41) is 3.53. The van der Waals surface area contributed by atoms with Crippen molar-refractivity contribution in [1.82, 2.24) is 5.32 Å². The summed E-state index contributed by atoms with van der Waals surface area (Å²) in [6.07, 6.45) is 7.60. The third kappa shape index (κ3) is 3.52. The molecule has 3 unspecified atom stereocenters. The van der Waals surface area contributed by atoms with Crippen molar-refractivity contribution in [3.05, 3.63) is 35.9 Å². The van der Waals surface area contributed by atoms with Crippen LogP contribution in [-0.4, -0.2) is 25.1 Å². The molecule has 1 nitrogen and oxygen atoms in total. The lowest BCUT2D eigenvalue weighted by molar-refractivity contribution is 0.245. The quantitative estimate of drug-likeness (QED) is 0.864. The molecule has 1 aromatic carbocycles. The van der Waals surface area contributed by atoms with E-state index in [4.69, 9.17) is 0 Å². The molecule has 1 aromatic rings. The van der Waals surface area contributed by atoms with Gasteiger partial charge in [-0.25, -0.2) is 0 Å². The van der Waals surface area contributed by atoms with Crippen LogP contribution >= 0.6 is 11.8 Å². The minimum absolute atomic E-state index is 0.733. The van der Waals surface area contributed by atoms with E-state index in [9.17, 15) is 0 Å². The van der Waals surface area contributed by atoms with E-state index >= 15 is 0 Å². The number of hydrogen-bond acceptors (Lipinski definition) is 2. The zero-order valence-electron chi connectivity index (χ0n) is 11.6. The molecule has 1 aliphatic carbocycles. The SMILES string of the molecule is CNC1CCC(c2ccccc2)CC1CCSC. The molecule has 0 bridgehead atoms. The summed E-state index contributed by atoms with van der Waals surface area (Å²) in [7, 11) is 2.12. The van der Waals surface area contributed by atoms with Gasteiger partial charge < -0.3 is 5.32 Å². The van der Waals surface area contributed by atoms with Gasteiger partial charge >= 0.3 is 0 Å². The number of hydrogen-bond donors (Lipinski definition) is 1. The molecule has 2 heteroatoms. The smallest absolute Gasteiger partial charge is 0.00930 e. The van der Waals surface area contributed by atoms with Gasteiger partial charge in [0.05, 0.1) is 0 Å². The first-order chi connectivity index (χ1) is 8.85. The summed E-state index contributed by atoms with van der Waals surface area (Å²) in [6.45, 7) is 0. The Morgan fingerprint density at radius 1 is 1.22 bits per heavy atom. The van der Waals surface area contributed by atoms with Gasteiger partial charge in [0.2, 0.25) is 0 Å². The van der Waals surface area contributed by atoms with E-state index in [0.717, 1.165) is 17.9 Å².